The summed E-state index contributed by atoms with van der Waals surface area (Å²) in [6.07, 6.45) is -0.916. The predicted octanol–water partition coefficient (Wildman–Crippen LogP) is 6.34. The maximum Gasteiger partial charge on any atom is 0.309 e. The average molecular weight is 539 g/mol. The molecule has 2 aromatic rings. The number of alkyl halides is 2. The van der Waals surface area contributed by atoms with Crippen molar-refractivity contribution in [3.8, 4) is 0 Å². The standard InChI is InChI=1S/C30H33F3N4O2/c1-16(19-6-5-7-20(14-19)25(32)33)17-8-10-18(11-9-17)23-24-26(34)35-15-22(31)37(24)27(36-23)21-12-13-30(4,28(38)39)29(21,2)3/h5-11,14-16,21,25,27,36H,12-13H2,1-4H3,(H2,34,35)(H,38,39)/t16-,21?,27?,30+/m0/s1. The molecule has 0 amide bonds. The van der Waals surface area contributed by atoms with Gasteiger partial charge in [0, 0.05) is 17.4 Å². The number of nitrogens with two attached hydrogens (primary N) is 1. The highest BCUT2D eigenvalue weighted by atomic mass is 19.3. The van der Waals surface area contributed by atoms with Gasteiger partial charge in [0.15, 0.2) is 0 Å². The van der Waals surface area contributed by atoms with Gasteiger partial charge in [0.2, 0.25) is 5.95 Å². The highest BCUT2D eigenvalue weighted by Crippen LogP contribution is 2.59. The highest BCUT2D eigenvalue weighted by molar-refractivity contribution is 6.05. The van der Waals surface area contributed by atoms with Crippen LogP contribution < -0.4 is 11.1 Å². The fourth-order valence-corrected chi connectivity index (χ4v) is 6.34. The molecule has 4 N–H and O–H groups in total. The lowest BCUT2D eigenvalue weighted by Crippen LogP contribution is -2.51. The van der Waals surface area contributed by atoms with Gasteiger partial charge in [0.05, 0.1) is 17.3 Å². The first-order chi connectivity index (χ1) is 18.4. The van der Waals surface area contributed by atoms with E-state index in [0.717, 1.165) is 22.9 Å². The number of fused-ring (bicyclic) bond motifs is 1. The molecule has 1 aliphatic carbocycles. The Morgan fingerprint density at radius 3 is 2.41 bits per heavy atom. The number of hydrogen-bond acceptors (Lipinski definition) is 5. The molecule has 9 heteroatoms. The van der Waals surface area contributed by atoms with Crippen LogP contribution in [0.5, 0.6) is 0 Å². The van der Waals surface area contributed by atoms with Crippen molar-refractivity contribution < 1.29 is 23.1 Å². The van der Waals surface area contributed by atoms with Crippen LogP contribution in [-0.4, -0.2) is 28.0 Å². The van der Waals surface area contributed by atoms with Crippen LogP contribution in [0, 0.1) is 16.7 Å². The topological polar surface area (TPSA) is 91.0 Å². The maximum absolute atomic E-state index is 15.3. The fraction of sp³-hybridized carbons (Fsp3) is 0.400. The van der Waals surface area contributed by atoms with Gasteiger partial charge in [0.25, 0.3) is 6.43 Å². The van der Waals surface area contributed by atoms with Gasteiger partial charge in [0.1, 0.15) is 17.7 Å². The lowest BCUT2D eigenvalue weighted by Gasteiger charge is -2.43. The van der Waals surface area contributed by atoms with Crippen LogP contribution in [0.2, 0.25) is 0 Å². The van der Waals surface area contributed by atoms with Crippen molar-refractivity contribution in [2.24, 2.45) is 27.5 Å². The van der Waals surface area contributed by atoms with Gasteiger partial charge in [-0.3, -0.25) is 9.69 Å². The van der Waals surface area contributed by atoms with Gasteiger partial charge >= 0.3 is 5.97 Å². The summed E-state index contributed by atoms with van der Waals surface area (Å²) < 4.78 is 41.8. The zero-order valence-corrected chi connectivity index (χ0v) is 22.4. The van der Waals surface area contributed by atoms with E-state index < -0.39 is 35.3 Å². The minimum absolute atomic E-state index is 0.0137. The quantitative estimate of drug-likeness (QED) is 0.373. The molecule has 2 aliphatic heterocycles. The van der Waals surface area contributed by atoms with Crippen molar-refractivity contribution >= 4 is 17.5 Å². The first-order valence-electron chi connectivity index (χ1n) is 13.1. The monoisotopic (exact) mass is 538 g/mol. The molecule has 2 unspecified atom stereocenters. The molecule has 1 fully saturated rings. The van der Waals surface area contributed by atoms with Crippen LogP contribution in [0.3, 0.4) is 0 Å². The molecule has 4 atom stereocenters. The first-order valence-corrected chi connectivity index (χ1v) is 13.1. The van der Waals surface area contributed by atoms with E-state index in [4.69, 9.17) is 5.73 Å². The summed E-state index contributed by atoms with van der Waals surface area (Å²) in [6, 6.07) is 14.0. The van der Waals surface area contributed by atoms with Gasteiger partial charge in [-0.25, -0.2) is 13.8 Å². The number of hydrogen-bond donors (Lipinski definition) is 3. The SMILES string of the molecule is C[C@@H](c1ccc(C2=C3C(N)=NC=C(F)N3C(C3CC[C@](C)(C(=O)O)C3(C)C)N2)cc1)c1cccc(C(F)F)c1. The van der Waals surface area contributed by atoms with Crippen LogP contribution in [0.4, 0.5) is 13.2 Å². The number of halogens is 3. The molecule has 0 spiro atoms. The minimum Gasteiger partial charge on any atom is -0.481 e. The molecule has 0 aromatic heterocycles. The number of nitrogens with zero attached hydrogens (tertiary/aromatic N) is 2. The van der Waals surface area contributed by atoms with E-state index in [0.29, 0.717) is 24.2 Å². The Bertz CT molecular complexity index is 1400. The summed E-state index contributed by atoms with van der Waals surface area (Å²) >= 11 is 0. The third-order valence-corrected chi connectivity index (χ3v) is 9.35. The van der Waals surface area contributed by atoms with Crippen LogP contribution in [-0.2, 0) is 4.79 Å². The van der Waals surface area contributed by atoms with E-state index in [1.807, 2.05) is 51.1 Å². The normalized spacial score (nSPS) is 26.7. The zero-order chi connectivity index (χ0) is 28.3. The van der Waals surface area contributed by atoms with E-state index >= 15 is 4.39 Å². The van der Waals surface area contributed by atoms with E-state index in [1.165, 1.54) is 17.0 Å². The minimum atomic E-state index is -2.53. The van der Waals surface area contributed by atoms with Gasteiger partial charge in [-0.15, -0.1) is 0 Å². The van der Waals surface area contributed by atoms with Crippen molar-refractivity contribution in [3.05, 3.63) is 88.6 Å². The van der Waals surface area contributed by atoms with Gasteiger partial charge < -0.3 is 16.2 Å². The van der Waals surface area contributed by atoms with Gasteiger partial charge in [-0.05, 0) is 47.9 Å². The molecule has 0 saturated heterocycles. The number of rotatable bonds is 6. The zero-order valence-electron chi connectivity index (χ0n) is 22.4. The molecule has 0 bridgehead atoms. The number of carboxylic acids is 1. The molecular weight excluding hydrogens is 505 g/mol. The molecule has 6 nitrogen and oxygen atoms in total. The van der Waals surface area contributed by atoms with E-state index in [1.54, 1.807) is 13.0 Å². The fourth-order valence-electron chi connectivity index (χ4n) is 6.34. The summed E-state index contributed by atoms with van der Waals surface area (Å²) in [7, 11) is 0. The Morgan fingerprint density at radius 1 is 1.13 bits per heavy atom. The third-order valence-electron chi connectivity index (χ3n) is 9.35. The Kier molecular flexibility index (Phi) is 6.51. The van der Waals surface area contributed by atoms with Crippen molar-refractivity contribution in [3.63, 3.8) is 0 Å². The maximum atomic E-state index is 15.3. The third kappa shape index (κ3) is 4.19. The predicted molar refractivity (Wildman–Crippen MR) is 144 cm³/mol. The Labute approximate surface area is 226 Å². The molecule has 206 valence electrons. The first kappa shape index (κ1) is 26.8. The van der Waals surface area contributed by atoms with E-state index in [2.05, 4.69) is 10.3 Å². The summed E-state index contributed by atoms with van der Waals surface area (Å²) in [5.74, 6) is -1.57. The van der Waals surface area contributed by atoms with Crippen molar-refractivity contribution in [1.82, 2.24) is 10.2 Å². The van der Waals surface area contributed by atoms with Gasteiger partial charge in [-0.1, -0.05) is 63.2 Å². The van der Waals surface area contributed by atoms with Crippen LogP contribution in [0.1, 0.15) is 75.1 Å². The molecule has 1 saturated carbocycles. The van der Waals surface area contributed by atoms with Crippen LogP contribution in [0.15, 0.2) is 71.4 Å². The number of nitrogens with one attached hydrogen (secondary N) is 1. The largest absolute Gasteiger partial charge is 0.481 e. The second-order valence-electron chi connectivity index (χ2n) is 11.5. The smallest absolute Gasteiger partial charge is 0.309 e. The molecule has 39 heavy (non-hydrogen) atoms. The number of carbonyl (C=O) groups is 1. The molecular formula is C30H33F3N4O2. The molecule has 3 aliphatic rings. The van der Waals surface area contributed by atoms with Crippen molar-refractivity contribution in [2.45, 2.75) is 59.0 Å². The number of amidine groups is 1. The molecule has 0 radical (unpaired) electrons. The summed E-state index contributed by atoms with van der Waals surface area (Å²) in [4.78, 5) is 17.8. The number of aliphatic imine (C=N–C) groups is 1. The van der Waals surface area contributed by atoms with E-state index in [9.17, 15) is 18.7 Å². The van der Waals surface area contributed by atoms with Crippen LogP contribution in [0.25, 0.3) is 5.70 Å². The lowest BCUT2D eigenvalue weighted by molar-refractivity contribution is -0.155. The van der Waals surface area contributed by atoms with Crippen molar-refractivity contribution in [2.75, 3.05) is 0 Å². The lowest BCUT2D eigenvalue weighted by atomic mass is 9.65. The average Bonchev–Trinajstić information content (AvgIpc) is 3.42. The molecule has 5 rings (SSSR count). The summed E-state index contributed by atoms with van der Waals surface area (Å²) in [6.45, 7) is 7.58. The van der Waals surface area contributed by atoms with Crippen molar-refractivity contribution in [1.29, 1.82) is 0 Å². The summed E-state index contributed by atoms with van der Waals surface area (Å²) in [5, 5.41) is 13.5. The highest BCUT2D eigenvalue weighted by Gasteiger charge is 2.60. The van der Waals surface area contributed by atoms with E-state index in [-0.39, 0.29) is 23.2 Å². The van der Waals surface area contributed by atoms with Crippen LogP contribution >= 0.6 is 0 Å². The molecule has 2 heterocycles. The van der Waals surface area contributed by atoms with Gasteiger partial charge in [-0.2, -0.15) is 4.39 Å². The Balaban J connectivity index is 1.48. The Hall–Kier alpha value is -3.75. The summed E-state index contributed by atoms with van der Waals surface area (Å²) in [5.41, 5.74) is 8.18. The molecule has 2 aromatic carbocycles. The number of benzene rings is 2. The number of carboxylic acid groups (broad SMARTS) is 1. The second-order valence-corrected chi connectivity index (χ2v) is 11.5. The second kappa shape index (κ2) is 9.47. The Morgan fingerprint density at radius 2 is 1.79 bits per heavy atom. The number of aliphatic carboxylic acids is 1.